The van der Waals surface area contributed by atoms with Gasteiger partial charge in [-0.1, -0.05) is 46.6 Å². The lowest BCUT2D eigenvalue weighted by molar-refractivity contribution is -0.141. The average Bonchev–Trinajstić information content (AvgIpc) is 1.67. The number of rotatable bonds is 51. The van der Waals surface area contributed by atoms with Crippen molar-refractivity contribution in [3.63, 3.8) is 0 Å². The van der Waals surface area contributed by atoms with Gasteiger partial charge in [0, 0.05) is 153 Å². The Labute approximate surface area is 785 Å². The molecule has 0 bridgehead atoms. The third-order valence-electron chi connectivity index (χ3n) is 24.3. The van der Waals surface area contributed by atoms with Gasteiger partial charge in [0.25, 0.3) is 23.6 Å². The van der Waals surface area contributed by atoms with E-state index in [9.17, 15) is 33.9 Å². The van der Waals surface area contributed by atoms with Gasteiger partial charge in [-0.2, -0.15) is 0 Å². The van der Waals surface area contributed by atoms with Crippen molar-refractivity contribution >= 4 is 83.2 Å². The molecule has 36 nitrogen and oxygen atoms in total. The standard InChI is InChI=1S/C99H120N12O24/c1-10-64-36-72-52-100-82-48-90(86(121-5)44-78(82)96(115)108(72)56-64)132-60-68-40-76(130-26-22-106(18-16-94(112)113)20-24-126-32-34-128-30-28-119-3)41-69(104-68)61-134-92-50-84-80(46-88(92)123-7)98(117)110-58-66(38-74(110)54-102-84)14-12-13-15-67-39-75-55-103-85-51-93(89(124-8)47-81(85)99(118)111(75)59-67)135-63-71-43-77(131-27-23-107(19-17-95(114)125-9)21-25-127-33-35-129-31-29-120-4)42-70(105-71)62-133-91-49-83-79(45-87(91)122-6)97(116)109-57-65(11-2)37-73(109)53-101-83/h10-11,14-15,40-55,72-75H,12-13,16-39,56-63H2,1-9H3,(H,112,113)/b64-10+,65-11+,66-14+,67-15+/t72-,73?,74?,75-/m0/s1. The number of hydrogen-bond acceptors (Lipinski definition) is 31. The second-order valence-corrected chi connectivity index (χ2v) is 33.2. The van der Waals surface area contributed by atoms with Gasteiger partial charge in [-0.05, 0) is 76.6 Å². The molecule has 2 unspecified atom stereocenters. The normalized spacial score (nSPS) is 18.5. The number of pyridine rings is 2. The number of allylic oxidation sites excluding steroid dienone is 4. The van der Waals surface area contributed by atoms with Crippen LogP contribution < -0.4 is 47.4 Å². The van der Waals surface area contributed by atoms with Crippen LogP contribution in [0.3, 0.4) is 0 Å². The van der Waals surface area contributed by atoms with Crippen LogP contribution >= 0.6 is 0 Å². The van der Waals surface area contributed by atoms with Gasteiger partial charge >= 0.3 is 11.9 Å². The summed E-state index contributed by atoms with van der Waals surface area (Å²) in [6.45, 7) is 12.5. The van der Waals surface area contributed by atoms with E-state index in [2.05, 4.69) is 17.1 Å². The lowest BCUT2D eigenvalue weighted by Gasteiger charge is -2.22. The Balaban J connectivity index is 0.605. The Morgan fingerprint density at radius 2 is 0.659 bits per heavy atom. The minimum atomic E-state index is -0.927. The summed E-state index contributed by atoms with van der Waals surface area (Å²) in [5.41, 5.74) is 9.65. The molecule has 36 heteroatoms. The smallest absolute Gasteiger partial charge is 0.306 e. The predicted octanol–water partition coefficient (Wildman–Crippen LogP) is 11.5. The molecule has 8 aliphatic heterocycles. The zero-order chi connectivity index (χ0) is 94.7. The Bertz CT molecular complexity index is 5470. The van der Waals surface area contributed by atoms with E-state index in [0.29, 0.717) is 289 Å². The highest BCUT2D eigenvalue weighted by atomic mass is 16.6. The van der Waals surface area contributed by atoms with Crippen molar-refractivity contribution in [2.75, 3.05) is 194 Å². The first-order chi connectivity index (χ1) is 65.8. The summed E-state index contributed by atoms with van der Waals surface area (Å²) in [6, 6.07) is 19.5. The van der Waals surface area contributed by atoms with E-state index in [1.165, 1.54) is 41.1 Å². The highest BCUT2D eigenvalue weighted by molar-refractivity contribution is 6.07. The molecule has 4 aromatic carbocycles. The molecule has 0 aliphatic carbocycles. The average molecular weight is 1860 g/mol. The van der Waals surface area contributed by atoms with Crippen LogP contribution in [0.25, 0.3) is 0 Å². The van der Waals surface area contributed by atoms with E-state index in [0.717, 1.165) is 16.7 Å². The maximum absolute atomic E-state index is 14.7. The number of carboxylic acid groups (broad SMARTS) is 1. The maximum Gasteiger partial charge on any atom is 0.306 e. The summed E-state index contributed by atoms with van der Waals surface area (Å²) in [4.78, 5) is 122. The number of carbonyl (C=O) groups is 6. The van der Waals surface area contributed by atoms with E-state index in [1.54, 1.807) is 99.4 Å². The first-order valence-electron chi connectivity index (χ1n) is 45.6. The second kappa shape index (κ2) is 48.5. The third-order valence-corrected chi connectivity index (χ3v) is 24.3. The molecule has 720 valence electrons. The molecule has 4 amide bonds. The molecule has 4 saturated heterocycles. The number of aliphatic imine (C=N–C) groups is 4. The van der Waals surface area contributed by atoms with Crippen LogP contribution in [0, 0.1) is 0 Å². The van der Waals surface area contributed by atoms with Crippen LogP contribution in [-0.4, -0.2) is 324 Å². The van der Waals surface area contributed by atoms with Crippen LogP contribution in [0.15, 0.2) is 139 Å². The zero-order valence-corrected chi connectivity index (χ0v) is 78.1. The Hall–Kier alpha value is -12.7. The zero-order valence-electron chi connectivity index (χ0n) is 78.1. The van der Waals surface area contributed by atoms with Gasteiger partial charge in [-0.15, -0.1) is 0 Å². The first-order valence-corrected chi connectivity index (χ1v) is 45.6. The van der Waals surface area contributed by atoms with Gasteiger partial charge in [-0.25, -0.2) is 0 Å². The SMILES string of the molecule is C/C=C1\CC2C=Nc3cc(OCc4cc(OCCN(CCOCCOCCOC)CCC(=O)OC)cc(COc5cc6c(cc5OC)C(=O)N5C/C(=C/CC/C=C7\CC8C=Nc9cc(OCc%10cc(OCCN(CCOCCOCCOC)CCC(=O)O)cc(COc%11cc%12c(cc%11OC)C(=O)N%11C/C(=C/C)C[C@H]%11C=N%12)n%10)c(OC)cc9C(=O)N8C7)C[C@H]5C=N6)n4)c(OC)cc3C(=O)N2C1. The first kappa shape index (κ1) is 98.3. The van der Waals surface area contributed by atoms with Gasteiger partial charge in [-0.3, -0.25) is 68.5 Å². The van der Waals surface area contributed by atoms with Crippen molar-refractivity contribution in [1.82, 2.24) is 39.4 Å². The maximum atomic E-state index is 14.7. The number of fused-ring (bicyclic) bond motifs is 8. The van der Waals surface area contributed by atoms with Crippen molar-refractivity contribution in [3.8, 4) is 57.5 Å². The van der Waals surface area contributed by atoms with Crippen LogP contribution in [0.2, 0.25) is 0 Å². The van der Waals surface area contributed by atoms with Crippen molar-refractivity contribution < 1.29 is 114 Å². The molecule has 2 aromatic heterocycles. The van der Waals surface area contributed by atoms with E-state index in [4.69, 9.17) is 110 Å². The molecule has 4 fully saturated rings. The lowest BCUT2D eigenvalue weighted by atomic mass is 10.1. The Kier molecular flexibility index (Phi) is 35.3. The van der Waals surface area contributed by atoms with E-state index in [-0.39, 0.29) is 113 Å². The number of carbonyl (C=O) groups excluding carboxylic acids is 5. The largest absolute Gasteiger partial charge is 0.493 e. The molecule has 8 aliphatic rings. The van der Waals surface area contributed by atoms with Gasteiger partial charge in [0.2, 0.25) is 0 Å². The number of unbranched alkanes of at least 4 members (excludes halogenated alkanes) is 1. The van der Waals surface area contributed by atoms with Gasteiger partial charge < -0.3 is 105 Å². The number of benzene rings is 4. The second-order valence-electron chi connectivity index (χ2n) is 33.2. The highest BCUT2D eigenvalue weighted by Crippen LogP contribution is 2.45. The quantitative estimate of drug-likeness (QED) is 0.0210. The molecule has 14 rings (SSSR count). The van der Waals surface area contributed by atoms with Crippen LogP contribution in [0.5, 0.6) is 57.5 Å². The minimum absolute atomic E-state index is 0.0521. The van der Waals surface area contributed by atoms with Crippen LogP contribution in [0.1, 0.15) is 129 Å². The molecule has 0 saturated carbocycles. The van der Waals surface area contributed by atoms with E-state index in [1.807, 2.05) is 62.9 Å². The van der Waals surface area contributed by atoms with Crippen molar-refractivity contribution in [2.45, 2.75) is 116 Å². The molecule has 0 radical (unpaired) electrons. The number of carboxylic acids is 1. The topological polar surface area (TPSA) is 374 Å². The number of ether oxygens (including phenoxy) is 17. The summed E-state index contributed by atoms with van der Waals surface area (Å²) in [5.74, 6) is 1.55. The highest BCUT2D eigenvalue weighted by Gasteiger charge is 2.40. The number of hydrogen-bond donors (Lipinski definition) is 1. The van der Waals surface area contributed by atoms with Gasteiger partial charge in [0.15, 0.2) is 46.0 Å². The number of esters is 1. The fourth-order valence-electron chi connectivity index (χ4n) is 17.0. The van der Waals surface area contributed by atoms with E-state index < -0.39 is 5.97 Å². The predicted molar refractivity (Wildman–Crippen MR) is 501 cm³/mol. The summed E-state index contributed by atoms with van der Waals surface area (Å²) < 4.78 is 100. The third kappa shape index (κ3) is 25.9. The molecule has 1 N–H and O–H groups in total. The van der Waals surface area contributed by atoms with E-state index >= 15 is 0 Å². The Morgan fingerprint density at radius 1 is 0.363 bits per heavy atom. The number of methoxy groups -OCH3 is 7. The lowest BCUT2D eigenvalue weighted by Crippen LogP contribution is -2.35. The number of aromatic nitrogens is 2. The molecule has 135 heavy (non-hydrogen) atoms. The van der Waals surface area contributed by atoms with Crippen molar-refractivity contribution in [3.05, 3.63) is 164 Å². The summed E-state index contributed by atoms with van der Waals surface area (Å²) >= 11 is 0. The minimum Gasteiger partial charge on any atom is -0.493 e. The molecule has 0 spiro atoms. The molecule has 6 aromatic rings. The summed E-state index contributed by atoms with van der Waals surface area (Å²) in [7, 11) is 10.6. The molecular weight excluding hydrogens is 1740 g/mol. The number of aliphatic carboxylic acids is 1. The molecule has 4 atom stereocenters. The summed E-state index contributed by atoms with van der Waals surface area (Å²) in [6.07, 6.45) is 19.8. The number of nitrogens with zero attached hydrogens (tertiary/aromatic N) is 12. The van der Waals surface area contributed by atoms with Crippen LogP contribution in [-0.2, 0) is 69.2 Å². The summed E-state index contributed by atoms with van der Waals surface area (Å²) in [5, 5.41) is 9.61. The Morgan fingerprint density at radius 3 is 0.963 bits per heavy atom. The van der Waals surface area contributed by atoms with Crippen molar-refractivity contribution in [1.29, 1.82) is 0 Å². The molecular formula is C99H120N12O24. The van der Waals surface area contributed by atoms with Gasteiger partial charge in [0.05, 0.1) is 206 Å². The van der Waals surface area contributed by atoms with Crippen LogP contribution in [0.4, 0.5) is 22.7 Å². The molecule has 10 heterocycles. The number of amides is 4. The van der Waals surface area contributed by atoms with Gasteiger partial charge in [0.1, 0.15) is 51.1 Å². The van der Waals surface area contributed by atoms with Crippen molar-refractivity contribution in [2.24, 2.45) is 20.0 Å². The monoisotopic (exact) mass is 1860 g/mol. The fourth-order valence-corrected chi connectivity index (χ4v) is 17.0. The fraction of sp³-hybridized carbons (Fsp3) is 0.475.